The van der Waals surface area contributed by atoms with Crippen LogP contribution in [0.25, 0.3) is 0 Å². The number of rotatable bonds is 8. The Morgan fingerprint density at radius 1 is 1.29 bits per heavy atom. The monoisotopic (exact) mass is 201 g/mol. The van der Waals surface area contributed by atoms with Gasteiger partial charge < -0.3 is 15.8 Å². The predicted molar refractivity (Wildman–Crippen MR) is 59.7 cm³/mol. The van der Waals surface area contributed by atoms with Crippen LogP contribution in [0.1, 0.15) is 39.5 Å². The molecule has 0 unspecified atom stereocenters. The third-order valence-corrected chi connectivity index (χ3v) is 2.27. The maximum Gasteiger partial charge on any atom is 0.139 e. The number of nitrogens with zero attached hydrogens (tertiary/aromatic N) is 2. The average Bonchev–Trinajstić information content (AvgIpc) is 2.22. The second-order valence-electron chi connectivity index (χ2n) is 3.48. The lowest BCUT2D eigenvalue weighted by Gasteiger charge is -2.18. The first-order chi connectivity index (χ1) is 6.74. The molecule has 0 rings (SSSR count). The fourth-order valence-electron chi connectivity index (χ4n) is 1.44. The molecule has 0 saturated heterocycles. The van der Waals surface area contributed by atoms with Gasteiger partial charge in [0.1, 0.15) is 5.84 Å². The minimum Gasteiger partial charge on any atom is -0.409 e. The van der Waals surface area contributed by atoms with E-state index in [1.165, 1.54) is 13.0 Å². The summed E-state index contributed by atoms with van der Waals surface area (Å²) in [5.74, 6) is 0.337. The molecule has 0 aromatic rings. The summed E-state index contributed by atoms with van der Waals surface area (Å²) in [5, 5.41) is 11.3. The van der Waals surface area contributed by atoms with Crippen molar-refractivity contribution in [3.63, 3.8) is 0 Å². The van der Waals surface area contributed by atoms with Crippen molar-refractivity contribution >= 4 is 5.84 Å². The Hall–Kier alpha value is -0.770. The van der Waals surface area contributed by atoms with Gasteiger partial charge in [-0.05, 0) is 38.9 Å². The zero-order chi connectivity index (χ0) is 10.8. The van der Waals surface area contributed by atoms with Crippen molar-refractivity contribution < 1.29 is 5.21 Å². The molecule has 0 aliphatic heterocycles. The molecule has 0 aromatic carbocycles. The maximum atomic E-state index is 8.33. The van der Waals surface area contributed by atoms with Crippen LogP contribution in [0.4, 0.5) is 0 Å². The summed E-state index contributed by atoms with van der Waals surface area (Å²) >= 11 is 0. The fraction of sp³-hybridized carbons (Fsp3) is 0.900. The highest BCUT2D eigenvalue weighted by Crippen LogP contribution is 1.99. The molecule has 0 spiro atoms. The summed E-state index contributed by atoms with van der Waals surface area (Å²) in [6.07, 6.45) is 4.01. The van der Waals surface area contributed by atoms with Gasteiger partial charge in [-0.3, -0.25) is 0 Å². The highest BCUT2D eigenvalue weighted by atomic mass is 16.4. The van der Waals surface area contributed by atoms with Crippen molar-refractivity contribution in [2.24, 2.45) is 10.9 Å². The highest BCUT2D eigenvalue weighted by molar-refractivity contribution is 5.79. The first-order valence-electron chi connectivity index (χ1n) is 5.43. The van der Waals surface area contributed by atoms with E-state index in [0.717, 1.165) is 25.9 Å². The summed E-state index contributed by atoms with van der Waals surface area (Å²) in [6.45, 7) is 7.76. The average molecular weight is 201 g/mol. The summed E-state index contributed by atoms with van der Waals surface area (Å²) in [5.41, 5.74) is 5.37. The van der Waals surface area contributed by atoms with E-state index >= 15 is 0 Å². The molecule has 0 amide bonds. The normalized spacial score (nSPS) is 12.4. The Morgan fingerprint density at radius 3 is 2.50 bits per heavy atom. The van der Waals surface area contributed by atoms with Gasteiger partial charge >= 0.3 is 0 Å². The van der Waals surface area contributed by atoms with Gasteiger partial charge in [0.05, 0.1) is 0 Å². The van der Waals surface area contributed by atoms with Crippen LogP contribution in [0.2, 0.25) is 0 Å². The lowest BCUT2D eigenvalue weighted by molar-refractivity contribution is 0.282. The highest BCUT2D eigenvalue weighted by Gasteiger charge is 2.00. The number of nitrogens with two attached hydrogens (primary N) is 1. The Balaban J connectivity index is 3.41. The summed E-state index contributed by atoms with van der Waals surface area (Å²) in [7, 11) is 0. The third kappa shape index (κ3) is 6.71. The van der Waals surface area contributed by atoms with Crippen LogP contribution in [0.3, 0.4) is 0 Å². The molecule has 0 saturated carbocycles. The lowest BCUT2D eigenvalue weighted by Crippen LogP contribution is -2.25. The molecule has 0 fully saturated rings. The van der Waals surface area contributed by atoms with E-state index in [0.29, 0.717) is 12.3 Å². The number of unbranched alkanes of at least 4 members (excludes halogenated alkanes) is 1. The van der Waals surface area contributed by atoms with E-state index in [9.17, 15) is 0 Å². The molecule has 0 aliphatic rings. The van der Waals surface area contributed by atoms with Crippen LogP contribution in [0.15, 0.2) is 5.16 Å². The summed E-state index contributed by atoms with van der Waals surface area (Å²) in [4.78, 5) is 2.42. The SMILES string of the molecule is CCCN(CC)CCCC/C(N)=N/O. The first kappa shape index (κ1) is 13.2. The molecule has 4 heteroatoms. The van der Waals surface area contributed by atoms with E-state index in [4.69, 9.17) is 10.9 Å². The molecule has 0 atom stereocenters. The first-order valence-corrected chi connectivity index (χ1v) is 5.43. The Morgan fingerprint density at radius 2 is 2.00 bits per heavy atom. The van der Waals surface area contributed by atoms with Crippen LogP contribution in [-0.2, 0) is 0 Å². The Labute approximate surface area is 86.8 Å². The summed E-state index contributed by atoms with van der Waals surface area (Å²) < 4.78 is 0. The molecule has 14 heavy (non-hydrogen) atoms. The summed E-state index contributed by atoms with van der Waals surface area (Å²) in [6, 6.07) is 0. The molecular weight excluding hydrogens is 178 g/mol. The van der Waals surface area contributed by atoms with Crippen molar-refractivity contribution in [3.8, 4) is 0 Å². The van der Waals surface area contributed by atoms with Crippen molar-refractivity contribution in [2.45, 2.75) is 39.5 Å². The topological polar surface area (TPSA) is 61.8 Å². The van der Waals surface area contributed by atoms with Gasteiger partial charge in [0.15, 0.2) is 0 Å². The maximum absolute atomic E-state index is 8.33. The van der Waals surface area contributed by atoms with E-state index < -0.39 is 0 Å². The number of amidine groups is 1. The molecule has 4 nitrogen and oxygen atoms in total. The molecule has 0 bridgehead atoms. The van der Waals surface area contributed by atoms with Gasteiger partial charge in [-0.15, -0.1) is 0 Å². The van der Waals surface area contributed by atoms with Crippen molar-refractivity contribution in [1.82, 2.24) is 4.90 Å². The minimum atomic E-state index is 0.337. The lowest BCUT2D eigenvalue weighted by atomic mass is 10.2. The second kappa shape index (κ2) is 8.81. The Kier molecular flexibility index (Phi) is 8.33. The Bertz CT molecular complexity index is 159. The van der Waals surface area contributed by atoms with E-state index in [2.05, 4.69) is 23.9 Å². The molecule has 0 radical (unpaired) electrons. The molecule has 0 aliphatic carbocycles. The van der Waals surface area contributed by atoms with Gasteiger partial charge in [-0.1, -0.05) is 19.0 Å². The number of oxime groups is 1. The van der Waals surface area contributed by atoms with Gasteiger partial charge in [0.2, 0.25) is 0 Å². The quantitative estimate of drug-likeness (QED) is 0.206. The van der Waals surface area contributed by atoms with Gasteiger partial charge in [-0.2, -0.15) is 0 Å². The fourth-order valence-corrected chi connectivity index (χ4v) is 1.44. The van der Waals surface area contributed by atoms with Crippen LogP contribution < -0.4 is 5.73 Å². The van der Waals surface area contributed by atoms with Crippen molar-refractivity contribution in [3.05, 3.63) is 0 Å². The van der Waals surface area contributed by atoms with Crippen molar-refractivity contribution in [1.29, 1.82) is 0 Å². The second-order valence-corrected chi connectivity index (χ2v) is 3.48. The standard InChI is InChI=1S/C10H23N3O/c1-3-8-13(4-2)9-6-5-7-10(11)12-14/h14H,3-9H2,1-2H3,(H2,11,12). The van der Waals surface area contributed by atoms with Crippen LogP contribution in [0.5, 0.6) is 0 Å². The predicted octanol–water partition coefficient (Wildman–Crippen LogP) is 1.63. The van der Waals surface area contributed by atoms with Crippen molar-refractivity contribution in [2.75, 3.05) is 19.6 Å². The zero-order valence-corrected chi connectivity index (χ0v) is 9.37. The van der Waals surface area contributed by atoms with E-state index in [-0.39, 0.29) is 0 Å². The third-order valence-electron chi connectivity index (χ3n) is 2.27. The van der Waals surface area contributed by atoms with Gasteiger partial charge in [0, 0.05) is 6.42 Å². The molecule has 84 valence electrons. The molecule has 3 N–H and O–H groups in total. The molecule has 0 heterocycles. The van der Waals surface area contributed by atoms with E-state index in [1.807, 2.05) is 0 Å². The molecule has 0 aromatic heterocycles. The largest absolute Gasteiger partial charge is 0.409 e. The van der Waals surface area contributed by atoms with Crippen LogP contribution in [0, 0.1) is 0 Å². The van der Waals surface area contributed by atoms with Gasteiger partial charge in [0.25, 0.3) is 0 Å². The number of hydrogen-bond donors (Lipinski definition) is 2. The van der Waals surface area contributed by atoms with Crippen LogP contribution >= 0.6 is 0 Å². The minimum absolute atomic E-state index is 0.337. The zero-order valence-electron chi connectivity index (χ0n) is 9.37. The molecular formula is C10H23N3O. The smallest absolute Gasteiger partial charge is 0.139 e. The van der Waals surface area contributed by atoms with Gasteiger partial charge in [-0.25, -0.2) is 0 Å². The number of hydrogen-bond acceptors (Lipinski definition) is 3. The van der Waals surface area contributed by atoms with Crippen LogP contribution in [-0.4, -0.2) is 35.6 Å². The van der Waals surface area contributed by atoms with E-state index in [1.54, 1.807) is 0 Å².